The van der Waals surface area contributed by atoms with Crippen LogP contribution in [0.3, 0.4) is 0 Å². The Morgan fingerprint density at radius 1 is 1.19 bits per heavy atom. The zero-order valence-corrected chi connectivity index (χ0v) is 15.2. The number of rotatable bonds is 6. The van der Waals surface area contributed by atoms with Crippen LogP contribution in [0.25, 0.3) is 0 Å². The molecule has 0 saturated carbocycles. The minimum Gasteiger partial charge on any atom is -0.487 e. The number of hydrogen-bond acceptors (Lipinski definition) is 4. The van der Waals surface area contributed by atoms with Gasteiger partial charge in [-0.2, -0.15) is 0 Å². The molecule has 1 amide bonds. The van der Waals surface area contributed by atoms with Gasteiger partial charge in [0.05, 0.1) is 6.54 Å². The van der Waals surface area contributed by atoms with Crippen LogP contribution in [-0.4, -0.2) is 40.8 Å². The number of benzene rings is 1. The van der Waals surface area contributed by atoms with Crippen molar-refractivity contribution in [1.29, 1.82) is 0 Å². The summed E-state index contributed by atoms with van der Waals surface area (Å²) in [5.74, 6) is 0.566. The molecule has 0 N–H and O–H groups in total. The number of carbonyl (C=O) groups excluding carboxylic acids is 2. The number of carbonyl (C=O) groups is 2. The van der Waals surface area contributed by atoms with E-state index in [2.05, 4.69) is 4.98 Å². The third-order valence-electron chi connectivity index (χ3n) is 4.42. The summed E-state index contributed by atoms with van der Waals surface area (Å²) in [5, 5.41) is 0.462. The van der Waals surface area contributed by atoms with Crippen molar-refractivity contribution in [3.8, 4) is 5.75 Å². The van der Waals surface area contributed by atoms with E-state index < -0.39 is 0 Å². The number of hydrogen-bond donors (Lipinski definition) is 0. The topological polar surface area (TPSA) is 59.5 Å². The monoisotopic (exact) mass is 372 g/mol. The van der Waals surface area contributed by atoms with E-state index in [0.717, 1.165) is 12.8 Å². The first-order chi connectivity index (χ1) is 12.6. The van der Waals surface area contributed by atoms with Crippen LogP contribution in [0.2, 0.25) is 5.02 Å². The van der Waals surface area contributed by atoms with Crippen LogP contribution in [0.4, 0.5) is 0 Å². The second kappa shape index (κ2) is 8.81. The van der Waals surface area contributed by atoms with Crippen LogP contribution in [0.5, 0.6) is 5.75 Å². The van der Waals surface area contributed by atoms with Crippen LogP contribution in [0.15, 0.2) is 48.8 Å². The minimum absolute atomic E-state index is 0.00710. The van der Waals surface area contributed by atoms with Gasteiger partial charge in [-0.15, -0.1) is 0 Å². The van der Waals surface area contributed by atoms with Gasteiger partial charge >= 0.3 is 0 Å². The van der Waals surface area contributed by atoms with Crippen molar-refractivity contribution >= 4 is 23.3 Å². The van der Waals surface area contributed by atoms with Crippen LogP contribution >= 0.6 is 11.6 Å². The average Bonchev–Trinajstić information content (AvgIpc) is 2.68. The SMILES string of the molecule is O=C(CCC(=O)N1CCC[C@H](Oc2ccncc2Cl)C1)c1ccccc1. The number of piperidine rings is 1. The summed E-state index contributed by atoms with van der Waals surface area (Å²) in [4.78, 5) is 30.4. The van der Waals surface area contributed by atoms with Gasteiger partial charge in [0.25, 0.3) is 0 Å². The number of halogens is 1. The number of pyridine rings is 1. The molecule has 136 valence electrons. The van der Waals surface area contributed by atoms with Crippen LogP contribution in [-0.2, 0) is 4.79 Å². The van der Waals surface area contributed by atoms with Crippen molar-refractivity contribution in [2.75, 3.05) is 13.1 Å². The molecule has 1 aromatic carbocycles. The Morgan fingerprint density at radius 2 is 2.00 bits per heavy atom. The van der Waals surface area contributed by atoms with E-state index in [9.17, 15) is 9.59 Å². The quantitative estimate of drug-likeness (QED) is 0.724. The van der Waals surface area contributed by atoms with Gasteiger partial charge < -0.3 is 9.64 Å². The van der Waals surface area contributed by atoms with Crippen molar-refractivity contribution in [3.63, 3.8) is 0 Å². The average molecular weight is 373 g/mol. The lowest BCUT2D eigenvalue weighted by atomic mass is 10.0. The van der Waals surface area contributed by atoms with Crippen LogP contribution in [0, 0.1) is 0 Å². The lowest BCUT2D eigenvalue weighted by molar-refractivity contribution is -0.133. The molecular weight excluding hydrogens is 352 g/mol. The molecule has 0 aliphatic carbocycles. The maximum Gasteiger partial charge on any atom is 0.223 e. The fourth-order valence-corrected chi connectivity index (χ4v) is 3.21. The highest BCUT2D eigenvalue weighted by molar-refractivity contribution is 6.31. The largest absolute Gasteiger partial charge is 0.487 e. The minimum atomic E-state index is -0.0996. The molecule has 2 heterocycles. The summed E-state index contributed by atoms with van der Waals surface area (Å²) in [6.45, 7) is 1.21. The van der Waals surface area contributed by atoms with Crippen molar-refractivity contribution in [2.24, 2.45) is 0 Å². The molecule has 0 spiro atoms. The van der Waals surface area contributed by atoms with Gasteiger partial charge in [0, 0.05) is 43.4 Å². The number of ketones is 1. The predicted molar refractivity (Wildman–Crippen MR) is 99.5 cm³/mol. The van der Waals surface area contributed by atoms with Gasteiger partial charge in [0.1, 0.15) is 16.9 Å². The van der Waals surface area contributed by atoms with Crippen molar-refractivity contribution < 1.29 is 14.3 Å². The van der Waals surface area contributed by atoms with E-state index in [-0.39, 0.29) is 30.6 Å². The fraction of sp³-hybridized carbons (Fsp3) is 0.350. The number of likely N-dealkylation sites (tertiary alicyclic amines) is 1. The lowest BCUT2D eigenvalue weighted by Gasteiger charge is -2.33. The summed E-state index contributed by atoms with van der Waals surface area (Å²) in [6, 6.07) is 10.8. The third-order valence-corrected chi connectivity index (χ3v) is 4.71. The summed E-state index contributed by atoms with van der Waals surface area (Å²) >= 11 is 6.08. The van der Waals surface area contributed by atoms with E-state index >= 15 is 0 Å². The van der Waals surface area contributed by atoms with Crippen molar-refractivity contribution in [3.05, 3.63) is 59.4 Å². The first-order valence-corrected chi connectivity index (χ1v) is 9.13. The molecule has 6 heteroatoms. The first-order valence-electron chi connectivity index (χ1n) is 8.75. The van der Waals surface area contributed by atoms with Gasteiger partial charge in [0.2, 0.25) is 5.91 Å². The molecule has 1 aliphatic rings. The number of ether oxygens (including phenoxy) is 1. The Hall–Kier alpha value is -2.40. The number of Topliss-reactive ketones (excluding diaryl/α,β-unsaturated/α-hetero) is 1. The Balaban J connectivity index is 1.51. The molecule has 1 atom stereocenters. The van der Waals surface area contributed by atoms with E-state index in [1.165, 1.54) is 6.20 Å². The molecule has 1 fully saturated rings. The van der Waals surface area contributed by atoms with E-state index in [4.69, 9.17) is 16.3 Å². The van der Waals surface area contributed by atoms with Crippen molar-refractivity contribution in [1.82, 2.24) is 9.88 Å². The molecule has 0 bridgehead atoms. The molecule has 0 radical (unpaired) electrons. The molecule has 0 unspecified atom stereocenters. The maximum absolute atomic E-state index is 12.5. The number of amides is 1. The predicted octanol–water partition coefficient (Wildman–Crippen LogP) is 3.77. The second-order valence-corrected chi connectivity index (χ2v) is 6.72. The maximum atomic E-state index is 12.5. The molecule has 26 heavy (non-hydrogen) atoms. The van der Waals surface area contributed by atoms with Crippen molar-refractivity contribution in [2.45, 2.75) is 31.8 Å². The van der Waals surface area contributed by atoms with Gasteiger partial charge in [-0.3, -0.25) is 14.6 Å². The Morgan fingerprint density at radius 3 is 2.77 bits per heavy atom. The van der Waals surface area contributed by atoms with E-state index in [1.807, 2.05) is 18.2 Å². The Bertz CT molecular complexity index is 767. The zero-order valence-electron chi connectivity index (χ0n) is 14.4. The molecule has 1 aromatic heterocycles. The standard InChI is InChI=1S/C20H21ClN2O3/c21-17-13-22-11-10-19(17)26-16-7-4-12-23(14-16)20(25)9-8-18(24)15-5-2-1-3-6-15/h1-3,5-6,10-11,13,16H,4,7-9,12,14H2/t16-/m0/s1. The van der Waals surface area contributed by atoms with Crippen LogP contribution < -0.4 is 4.74 Å². The first kappa shape index (κ1) is 18.4. The second-order valence-electron chi connectivity index (χ2n) is 6.32. The molecule has 3 rings (SSSR count). The lowest BCUT2D eigenvalue weighted by Crippen LogP contribution is -2.44. The highest BCUT2D eigenvalue weighted by Gasteiger charge is 2.25. The summed E-state index contributed by atoms with van der Waals surface area (Å²) < 4.78 is 5.93. The molecular formula is C20H21ClN2O3. The molecule has 5 nitrogen and oxygen atoms in total. The molecule has 1 saturated heterocycles. The summed E-state index contributed by atoms with van der Waals surface area (Å²) in [7, 11) is 0. The normalized spacial score (nSPS) is 17.0. The highest BCUT2D eigenvalue weighted by Crippen LogP contribution is 2.25. The number of aromatic nitrogens is 1. The molecule has 2 aromatic rings. The van der Waals surface area contributed by atoms with Crippen LogP contribution in [0.1, 0.15) is 36.0 Å². The Labute approximate surface area is 157 Å². The summed E-state index contributed by atoms with van der Waals surface area (Å²) in [6.07, 6.45) is 5.24. The summed E-state index contributed by atoms with van der Waals surface area (Å²) in [5.41, 5.74) is 0.646. The van der Waals surface area contributed by atoms with E-state index in [1.54, 1.807) is 29.3 Å². The Kier molecular flexibility index (Phi) is 6.23. The van der Waals surface area contributed by atoms with Gasteiger partial charge in [0.15, 0.2) is 5.78 Å². The number of nitrogens with zero attached hydrogens (tertiary/aromatic N) is 2. The van der Waals surface area contributed by atoms with Gasteiger partial charge in [-0.1, -0.05) is 41.9 Å². The van der Waals surface area contributed by atoms with Gasteiger partial charge in [-0.05, 0) is 12.8 Å². The zero-order chi connectivity index (χ0) is 18.4. The smallest absolute Gasteiger partial charge is 0.223 e. The third kappa shape index (κ3) is 4.82. The highest BCUT2D eigenvalue weighted by atomic mass is 35.5. The van der Waals surface area contributed by atoms with E-state index in [0.29, 0.717) is 29.4 Å². The fourth-order valence-electron chi connectivity index (χ4n) is 3.05. The molecule has 1 aliphatic heterocycles. The van der Waals surface area contributed by atoms with Gasteiger partial charge in [-0.25, -0.2) is 0 Å².